The second-order valence-electron chi connectivity index (χ2n) is 3.01. The van der Waals surface area contributed by atoms with Crippen LogP contribution in [0, 0.1) is 11.8 Å². The summed E-state index contributed by atoms with van der Waals surface area (Å²) in [6.07, 6.45) is 0.878. The molecular weight excluding hydrogens is 174 g/mol. The summed E-state index contributed by atoms with van der Waals surface area (Å²) in [5.41, 5.74) is 6.65. The van der Waals surface area contributed by atoms with Gasteiger partial charge in [-0.25, -0.2) is 0 Å². The lowest BCUT2D eigenvalue weighted by molar-refractivity contribution is 0.415. The molecule has 2 N–H and O–H groups in total. The van der Waals surface area contributed by atoms with Gasteiger partial charge in [-0.1, -0.05) is 18.8 Å². The van der Waals surface area contributed by atoms with Crippen molar-refractivity contribution in [2.24, 2.45) is 5.73 Å². The molecule has 0 amide bonds. The Morgan fingerprint density at radius 1 is 1.36 bits per heavy atom. The minimum Gasteiger partial charge on any atom is -0.497 e. The van der Waals surface area contributed by atoms with Gasteiger partial charge in [-0.15, -0.1) is 0 Å². The zero-order valence-corrected chi connectivity index (χ0v) is 8.58. The topological polar surface area (TPSA) is 35.2 Å². The maximum absolute atomic E-state index is 5.68. The van der Waals surface area contributed by atoms with Gasteiger partial charge in [0.1, 0.15) is 5.75 Å². The van der Waals surface area contributed by atoms with Crippen molar-refractivity contribution in [1.82, 2.24) is 0 Å². The van der Waals surface area contributed by atoms with E-state index in [0.717, 1.165) is 17.7 Å². The normalized spacial score (nSPS) is 11.4. The van der Waals surface area contributed by atoms with Crippen LogP contribution in [0.4, 0.5) is 0 Å². The number of methoxy groups -OCH3 is 1. The first kappa shape index (κ1) is 10.6. The zero-order chi connectivity index (χ0) is 10.4. The molecule has 1 aromatic carbocycles. The van der Waals surface area contributed by atoms with Crippen molar-refractivity contribution < 1.29 is 4.74 Å². The fourth-order valence-corrected chi connectivity index (χ4v) is 0.952. The first-order chi connectivity index (χ1) is 6.76. The number of nitrogens with two attached hydrogens (primary N) is 1. The van der Waals surface area contributed by atoms with Crippen molar-refractivity contribution >= 4 is 0 Å². The number of benzene rings is 1. The highest BCUT2D eigenvalue weighted by Gasteiger charge is 1.92. The van der Waals surface area contributed by atoms with Crippen molar-refractivity contribution in [2.45, 2.75) is 19.4 Å². The van der Waals surface area contributed by atoms with Crippen LogP contribution < -0.4 is 10.5 Å². The number of hydrogen-bond acceptors (Lipinski definition) is 2. The van der Waals surface area contributed by atoms with Gasteiger partial charge < -0.3 is 10.5 Å². The molecule has 74 valence electrons. The van der Waals surface area contributed by atoms with E-state index in [1.807, 2.05) is 31.2 Å². The van der Waals surface area contributed by atoms with E-state index in [1.54, 1.807) is 7.11 Å². The lowest BCUT2D eigenvalue weighted by Gasteiger charge is -1.98. The fourth-order valence-electron chi connectivity index (χ4n) is 0.952. The molecular formula is C12H15NO. The summed E-state index contributed by atoms with van der Waals surface area (Å²) in [4.78, 5) is 0. The maximum Gasteiger partial charge on any atom is 0.118 e. The lowest BCUT2D eigenvalue weighted by atomic mass is 10.2. The Morgan fingerprint density at radius 2 is 2.00 bits per heavy atom. The highest BCUT2D eigenvalue weighted by atomic mass is 16.5. The molecule has 0 bridgehead atoms. The average molecular weight is 189 g/mol. The van der Waals surface area contributed by atoms with Gasteiger partial charge in [-0.2, -0.15) is 0 Å². The van der Waals surface area contributed by atoms with Crippen molar-refractivity contribution in [2.75, 3.05) is 7.11 Å². The maximum atomic E-state index is 5.68. The van der Waals surface area contributed by atoms with E-state index in [1.165, 1.54) is 0 Å². The molecule has 0 saturated heterocycles. The largest absolute Gasteiger partial charge is 0.497 e. The third-order valence-corrected chi connectivity index (χ3v) is 1.93. The average Bonchev–Trinajstić information content (AvgIpc) is 2.26. The summed E-state index contributed by atoms with van der Waals surface area (Å²) in [5.74, 6) is 6.83. The molecule has 0 radical (unpaired) electrons. The zero-order valence-electron chi connectivity index (χ0n) is 8.58. The summed E-state index contributed by atoms with van der Waals surface area (Å²) in [6, 6.07) is 7.60. The third kappa shape index (κ3) is 3.12. The van der Waals surface area contributed by atoms with Crippen LogP contribution >= 0.6 is 0 Å². The summed E-state index contributed by atoms with van der Waals surface area (Å²) in [5, 5.41) is 0. The second kappa shape index (κ2) is 5.31. The van der Waals surface area contributed by atoms with E-state index >= 15 is 0 Å². The van der Waals surface area contributed by atoms with E-state index in [4.69, 9.17) is 10.5 Å². The van der Waals surface area contributed by atoms with Gasteiger partial charge in [-0.3, -0.25) is 0 Å². The molecule has 0 aromatic heterocycles. The Hall–Kier alpha value is -1.46. The van der Waals surface area contributed by atoms with Crippen LogP contribution in [-0.2, 0) is 0 Å². The molecule has 0 aliphatic heterocycles. The van der Waals surface area contributed by atoms with Crippen molar-refractivity contribution in [1.29, 1.82) is 0 Å². The summed E-state index contributed by atoms with van der Waals surface area (Å²) in [7, 11) is 1.65. The highest BCUT2D eigenvalue weighted by molar-refractivity contribution is 5.38. The quantitative estimate of drug-likeness (QED) is 0.720. The van der Waals surface area contributed by atoms with Crippen LogP contribution in [0.1, 0.15) is 18.9 Å². The number of ether oxygens (including phenoxy) is 1. The predicted octanol–water partition coefficient (Wildman–Crippen LogP) is 1.78. The van der Waals surface area contributed by atoms with Gasteiger partial charge in [0.05, 0.1) is 13.2 Å². The smallest absolute Gasteiger partial charge is 0.118 e. The highest BCUT2D eigenvalue weighted by Crippen LogP contribution is 2.10. The fraction of sp³-hybridized carbons (Fsp3) is 0.333. The molecule has 2 heteroatoms. The van der Waals surface area contributed by atoms with Gasteiger partial charge >= 0.3 is 0 Å². The van der Waals surface area contributed by atoms with E-state index in [9.17, 15) is 0 Å². The van der Waals surface area contributed by atoms with E-state index < -0.39 is 0 Å². The van der Waals surface area contributed by atoms with E-state index in [-0.39, 0.29) is 6.04 Å². The Morgan fingerprint density at radius 3 is 2.50 bits per heavy atom. The Balaban J connectivity index is 2.71. The van der Waals surface area contributed by atoms with Gasteiger partial charge in [0.15, 0.2) is 0 Å². The van der Waals surface area contributed by atoms with Crippen molar-refractivity contribution in [3.05, 3.63) is 29.8 Å². The third-order valence-electron chi connectivity index (χ3n) is 1.93. The molecule has 2 nitrogen and oxygen atoms in total. The second-order valence-corrected chi connectivity index (χ2v) is 3.01. The number of rotatable bonds is 2. The van der Waals surface area contributed by atoms with E-state index in [0.29, 0.717) is 0 Å². The first-order valence-corrected chi connectivity index (χ1v) is 4.67. The minimum atomic E-state index is -0.0305. The molecule has 0 heterocycles. The van der Waals surface area contributed by atoms with Crippen LogP contribution in [-0.4, -0.2) is 13.2 Å². The van der Waals surface area contributed by atoms with Gasteiger partial charge in [0, 0.05) is 5.56 Å². The summed E-state index contributed by atoms with van der Waals surface area (Å²) < 4.78 is 5.04. The van der Waals surface area contributed by atoms with E-state index in [2.05, 4.69) is 11.8 Å². The minimum absolute atomic E-state index is 0.0305. The van der Waals surface area contributed by atoms with Gasteiger partial charge in [0.2, 0.25) is 0 Å². The van der Waals surface area contributed by atoms with Crippen LogP contribution in [0.3, 0.4) is 0 Å². The molecule has 0 fully saturated rings. The molecule has 1 aromatic rings. The molecule has 0 saturated carbocycles. The predicted molar refractivity (Wildman–Crippen MR) is 58.1 cm³/mol. The monoisotopic (exact) mass is 189 g/mol. The van der Waals surface area contributed by atoms with Crippen molar-refractivity contribution in [3.63, 3.8) is 0 Å². The van der Waals surface area contributed by atoms with Crippen LogP contribution in [0.2, 0.25) is 0 Å². The Bertz CT molecular complexity index is 332. The standard InChI is InChI=1S/C12H15NO/c1-3-11(13)7-4-10-5-8-12(14-2)9-6-10/h5-6,8-9,11H,3,13H2,1-2H3. The number of hydrogen-bond donors (Lipinski definition) is 1. The molecule has 1 rings (SSSR count). The van der Waals surface area contributed by atoms with Crippen LogP contribution in [0.15, 0.2) is 24.3 Å². The van der Waals surface area contributed by atoms with Crippen molar-refractivity contribution in [3.8, 4) is 17.6 Å². The Labute approximate surface area is 85.1 Å². The molecule has 1 unspecified atom stereocenters. The van der Waals surface area contributed by atoms with Gasteiger partial charge in [-0.05, 0) is 30.7 Å². The molecule has 0 aliphatic rings. The van der Waals surface area contributed by atoms with Gasteiger partial charge in [0.25, 0.3) is 0 Å². The Kier molecular flexibility index (Phi) is 4.03. The molecule has 0 aliphatic carbocycles. The molecule has 1 atom stereocenters. The molecule has 0 spiro atoms. The van der Waals surface area contributed by atoms with Crippen LogP contribution in [0.5, 0.6) is 5.75 Å². The molecule has 14 heavy (non-hydrogen) atoms. The summed E-state index contributed by atoms with van der Waals surface area (Å²) >= 11 is 0. The lowest BCUT2D eigenvalue weighted by Crippen LogP contribution is -2.15. The SMILES string of the molecule is CCC(N)C#Cc1ccc(OC)cc1. The summed E-state index contributed by atoms with van der Waals surface area (Å²) in [6.45, 7) is 2.02. The first-order valence-electron chi connectivity index (χ1n) is 4.67. The van der Waals surface area contributed by atoms with Crippen LogP contribution in [0.25, 0.3) is 0 Å².